The molecule has 0 aromatic carbocycles. The van der Waals surface area contributed by atoms with Crippen molar-refractivity contribution in [2.75, 3.05) is 11.9 Å². The van der Waals surface area contributed by atoms with Crippen LogP contribution >= 0.6 is 11.5 Å². The summed E-state index contributed by atoms with van der Waals surface area (Å²) in [7, 11) is 0. The lowest BCUT2D eigenvalue weighted by Crippen LogP contribution is -2.39. The molecule has 0 bridgehead atoms. The Hall–Kier alpha value is -1.38. The molecule has 0 amide bonds. The molecular weight excluding hydrogens is 295 g/mol. The average molecular weight is 309 g/mol. The minimum Gasteiger partial charge on any atom is -0.481 e. The van der Waals surface area contributed by atoms with Crippen molar-refractivity contribution in [3.05, 3.63) is 5.82 Å². The van der Waals surface area contributed by atoms with Gasteiger partial charge in [0.05, 0.1) is 5.41 Å². The minimum absolute atomic E-state index is 0.00326. The summed E-state index contributed by atoms with van der Waals surface area (Å²) in [6.45, 7) is 0.0782. The van der Waals surface area contributed by atoms with E-state index in [0.717, 1.165) is 19.3 Å². The van der Waals surface area contributed by atoms with E-state index < -0.39 is 23.4 Å². The summed E-state index contributed by atoms with van der Waals surface area (Å²) in [5.41, 5.74) is -0.914. The van der Waals surface area contributed by atoms with Gasteiger partial charge in [-0.25, -0.2) is 0 Å². The fourth-order valence-corrected chi connectivity index (χ4v) is 2.93. The monoisotopic (exact) mass is 309 g/mol. The molecule has 1 aliphatic rings. The zero-order chi connectivity index (χ0) is 14.8. The Morgan fingerprint density at radius 2 is 2.00 bits per heavy atom. The molecule has 1 heterocycles. The van der Waals surface area contributed by atoms with Crippen molar-refractivity contribution in [2.45, 2.75) is 38.3 Å². The maximum Gasteiger partial charge on any atom is 0.452 e. The summed E-state index contributed by atoms with van der Waals surface area (Å²) < 4.78 is 40.3. The van der Waals surface area contributed by atoms with Gasteiger partial charge < -0.3 is 10.4 Å². The summed E-state index contributed by atoms with van der Waals surface area (Å²) in [5, 5.41) is 12.0. The van der Waals surface area contributed by atoms with Crippen LogP contribution < -0.4 is 5.32 Å². The zero-order valence-electron chi connectivity index (χ0n) is 10.5. The number of hydrogen-bond donors (Lipinski definition) is 2. The van der Waals surface area contributed by atoms with Crippen molar-refractivity contribution >= 4 is 22.6 Å². The maximum absolute atomic E-state index is 12.4. The normalized spacial score (nSPS) is 18.8. The molecule has 0 unspecified atom stereocenters. The van der Waals surface area contributed by atoms with Gasteiger partial charge in [-0.1, -0.05) is 19.3 Å². The number of nitrogens with one attached hydrogen (secondary N) is 1. The first-order valence-electron chi connectivity index (χ1n) is 6.22. The first-order valence-corrected chi connectivity index (χ1v) is 6.99. The van der Waals surface area contributed by atoms with Crippen molar-refractivity contribution in [3.63, 3.8) is 0 Å². The Morgan fingerprint density at radius 3 is 2.50 bits per heavy atom. The molecule has 1 fully saturated rings. The molecule has 112 valence electrons. The van der Waals surface area contributed by atoms with E-state index in [9.17, 15) is 23.1 Å². The lowest BCUT2D eigenvalue weighted by atomic mass is 9.74. The fraction of sp³-hybridized carbons (Fsp3) is 0.727. The minimum atomic E-state index is -4.58. The van der Waals surface area contributed by atoms with Gasteiger partial charge in [0.15, 0.2) is 0 Å². The number of carbonyl (C=O) groups is 1. The number of carboxylic acid groups (broad SMARTS) is 1. The lowest BCUT2D eigenvalue weighted by molar-refractivity contribution is -0.150. The lowest BCUT2D eigenvalue weighted by Gasteiger charge is -2.33. The third-order valence-electron chi connectivity index (χ3n) is 3.52. The second kappa shape index (κ2) is 5.55. The fourth-order valence-electron chi connectivity index (χ4n) is 2.35. The van der Waals surface area contributed by atoms with Gasteiger partial charge in [-0.05, 0) is 12.8 Å². The number of rotatable bonds is 4. The van der Waals surface area contributed by atoms with Crippen LogP contribution in [-0.2, 0) is 11.0 Å². The Labute approximate surface area is 117 Å². The average Bonchev–Trinajstić information content (AvgIpc) is 2.86. The topological polar surface area (TPSA) is 75.1 Å². The quantitative estimate of drug-likeness (QED) is 0.894. The summed E-state index contributed by atoms with van der Waals surface area (Å²) in [6, 6.07) is 0. The number of nitrogens with zero attached hydrogens (tertiary/aromatic N) is 2. The maximum atomic E-state index is 12.4. The van der Waals surface area contributed by atoms with E-state index in [0.29, 0.717) is 24.4 Å². The number of aliphatic carboxylic acids is 1. The van der Waals surface area contributed by atoms with Gasteiger partial charge in [0.1, 0.15) is 0 Å². The summed E-state index contributed by atoms with van der Waals surface area (Å²) >= 11 is 0.590. The Balaban J connectivity index is 2.03. The molecule has 5 nitrogen and oxygen atoms in total. The molecule has 0 radical (unpaired) electrons. The molecule has 2 rings (SSSR count). The molecule has 0 aliphatic heterocycles. The number of anilines is 1. The highest BCUT2D eigenvalue weighted by molar-refractivity contribution is 7.09. The van der Waals surface area contributed by atoms with Gasteiger partial charge in [-0.3, -0.25) is 4.79 Å². The molecule has 20 heavy (non-hydrogen) atoms. The highest BCUT2D eigenvalue weighted by Crippen LogP contribution is 2.37. The number of alkyl halides is 3. The molecular formula is C11H14F3N3O2S. The van der Waals surface area contributed by atoms with E-state index in [4.69, 9.17) is 0 Å². The zero-order valence-corrected chi connectivity index (χ0v) is 11.4. The van der Waals surface area contributed by atoms with E-state index in [1.165, 1.54) is 0 Å². The van der Waals surface area contributed by atoms with Crippen molar-refractivity contribution in [2.24, 2.45) is 5.41 Å². The van der Waals surface area contributed by atoms with Crippen molar-refractivity contribution in [1.29, 1.82) is 0 Å². The predicted molar refractivity (Wildman–Crippen MR) is 66.6 cm³/mol. The van der Waals surface area contributed by atoms with Crippen LogP contribution in [0, 0.1) is 5.41 Å². The van der Waals surface area contributed by atoms with E-state index >= 15 is 0 Å². The van der Waals surface area contributed by atoms with Gasteiger partial charge in [0, 0.05) is 18.1 Å². The molecule has 0 spiro atoms. The van der Waals surface area contributed by atoms with Gasteiger partial charge >= 0.3 is 12.1 Å². The molecule has 1 aromatic rings. The summed E-state index contributed by atoms with van der Waals surface area (Å²) in [6.07, 6.45) is -0.895. The number of halogens is 3. The third-order valence-corrected chi connectivity index (χ3v) is 4.19. The second-order valence-corrected chi connectivity index (χ2v) is 5.67. The van der Waals surface area contributed by atoms with Crippen LogP contribution in [0.25, 0.3) is 0 Å². The number of hydrogen-bond acceptors (Lipinski definition) is 5. The smallest absolute Gasteiger partial charge is 0.452 e. The SMILES string of the molecule is O=C(O)C1(CNc2nc(C(F)(F)F)ns2)CCCCC1. The summed E-state index contributed by atoms with van der Waals surface area (Å²) in [5.74, 6) is -2.11. The highest BCUT2D eigenvalue weighted by atomic mass is 32.1. The molecule has 1 aromatic heterocycles. The Morgan fingerprint density at radius 1 is 1.35 bits per heavy atom. The summed E-state index contributed by atoms with van der Waals surface area (Å²) in [4.78, 5) is 14.7. The second-order valence-electron chi connectivity index (χ2n) is 4.92. The van der Waals surface area contributed by atoms with Crippen molar-refractivity contribution in [1.82, 2.24) is 9.36 Å². The molecule has 0 saturated heterocycles. The van der Waals surface area contributed by atoms with E-state index in [1.807, 2.05) is 0 Å². The number of carboxylic acids is 1. The van der Waals surface area contributed by atoms with Crippen LogP contribution in [0.2, 0.25) is 0 Å². The van der Waals surface area contributed by atoms with Crippen molar-refractivity contribution < 1.29 is 23.1 Å². The number of aromatic nitrogens is 2. The van der Waals surface area contributed by atoms with Crippen molar-refractivity contribution in [3.8, 4) is 0 Å². The molecule has 9 heteroatoms. The van der Waals surface area contributed by atoms with E-state index in [-0.39, 0.29) is 11.7 Å². The van der Waals surface area contributed by atoms with Crippen LogP contribution in [-0.4, -0.2) is 27.0 Å². The first-order chi connectivity index (χ1) is 9.33. The first kappa shape index (κ1) is 15.0. The van der Waals surface area contributed by atoms with Crippen LogP contribution in [0.5, 0.6) is 0 Å². The van der Waals surface area contributed by atoms with E-state index in [1.54, 1.807) is 0 Å². The molecule has 2 N–H and O–H groups in total. The van der Waals surface area contributed by atoms with Gasteiger partial charge in [0.25, 0.3) is 0 Å². The van der Waals surface area contributed by atoms with Crippen LogP contribution in [0.3, 0.4) is 0 Å². The largest absolute Gasteiger partial charge is 0.481 e. The molecule has 1 saturated carbocycles. The van der Waals surface area contributed by atoms with Gasteiger partial charge in [-0.2, -0.15) is 22.5 Å². The van der Waals surface area contributed by atoms with Gasteiger partial charge in [-0.15, -0.1) is 0 Å². The van der Waals surface area contributed by atoms with Crippen LogP contribution in [0.4, 0.5) is 18.3 Å². The van der Waals surface area contributed by atoms with E-state index in [2.05, 4.69) is 14.7 Å². The van der Waals surface area contributed by atoms with Gasteiger partial charge in [0.2, 0.25) is 11.0 Å². The van der Waals surface area contributed by atoms with Crippen LogP contribution in [0.15, 0.2) is 0 Å². The Kier molecular flexibility index (Phi) is 4.17. The molecule has 1 aliphatic carbocycles. The Bertz CT molecular complexity index is 484. The highest BCUT2D eigenvalue weighted by Gasteiger charge is 2.40. The van der Waals surface area contributed by atoms with Crippen LogP contribution in [0.1, 0.15) is 37.9 Å². The standard InChI is InChI=1S/C11H14F3N3O2S/c12-11(13,14)7-16-9(20-17-7)15-6-10(8(18)19)4-2-1-3-5-10/h1-6H2,(H,18,19)(H,15,16,17). The third kappa shape index (κ3) is 3.20. The molecule has 0 atom stereocenters. The predicted octanol–water partition coefficient (Wildman–Crippen LogP) is 3.00.